The van der Waals surface area contributed by atoms with E-state index in [1.54, 1.807) is 42.7 Å². The molecule has 0 aliphatic carbocycles. The summed E-state index contributed by atoms with van der Waals surface area (Å²) in [7, 11) is 3.60. The molecule has 0 aliphatic heterocycles. The summed E-state index contributed by atoms with van der Waals surface area (Å²) >= 11 is 1.39. The number of rotatable bonds is 6. The fraction of sp³-hybridized carbons (Fsp3) is 0.267. The molecule has 0 spiro atoms. The maximum atomic E-state index is 12.2. The van der Waals surface area contributed by atoms with Gasteiger partial charge in [-0.25, -0.2) is 4.98 Å². The van der Waals surface area contributed by atoms with Gasteiger partial charge in [-0.2, -0.15) is 4.98 Å². The largest absolute Gasteiger partial charge is 0.337 e. The van der Waals surface area contributed by atoms with E-state index in [-0.39, 0.29) is 12.5 Å². The molecule has 0 saturated carbocycles. The third-order valence-corrected chi connectivity index (χ3v) is 4.35. The number of pyridine rings is 1. The van der Waals surface area contributed by atoms with Gasteiger partial charge in [-0.05, 0) is 12.1 Å². The highest BCUT2D eigenvalue weighted by atomic mass is 32.2. The Hall–Kier alpha value is -2.68. The number of aromatic nitrogens is 5. The molecule has 3 heterocycles. The van der Waals surface area contributed by atoms with Crippen molar-refractivity contribution in [2.75, 3.05) is 12.8 Å². The molecule has 0 N–H and O–H groups in total. The molecule has 8 nitrogen and oxygen atoms in total. The highest BCUT2D eigenvalue weighted by Gasteiger charge is 2.15. The second-order valence-electron chi connectivity index (χ2n) is 5.11. The van der Waals surface area contributed by atoms with Crippen LogP contribution in [0.2, 0.25) is 0 Å². The molecule has 124 valence electrons. The number of hydrogen-bond acceptors (Lipinski definition) is 7. The third kappa shape index (κ3) is 3.80. The van der Waals surface area contributed by atoms with Gasteiger partial charge in [-0.3, -0.25) is 9.78 Å². The summed E-state index contributed by atoms with van der Waals surface area (Å²) in [6, 6.07) is 3.60. The maximum absolute atomic E-state index is 12.2. The monoisotopic (exact) mass is 344 g/mol. The zero-order valence-corrected chi connectivity index (χ0v) is 14.1. The molecule has 0 atom stereocenters. The SMILES string of the molecule is CN(Cc1nc(-c2ccncc2)no1)C(=O)CSc1nccn1C. The van der Waals surface area contributed by atoms with Gasteiger partial charge in [0.2, 0.25) is 17.6 Å². The van der Waals surface area contributed by atoms with E-state index in [1.165, 1.54) is 11.8 Å². The second kappa shape index (κ2) is 7.26. The minimum absolute atomic E-state index is 0.0355. The number of imidazole rings is 1. The molecule has 9 heteroatoms. The molecule has 3 rings (SSSR count). The predicted molar refractivity (Wildman–Crippen MR) is 87.9 cm³/mol. The Balaban J connectivity index is 1.56. The average molecular weight is 344 g/mol. The first kappa shape index (κ1) is 16.2. The highest BCUT2D eigenvalue weighted by molar-refractivity contribution is 7.99. The molecule has 24 heavy (non-hydrogen) atoms. The topological polar surface area (TPSA) is 89.9 Å². The van der Waals surface area contributed by atoms with E-state index < -0.39 is 0 Å². The molecule has 0 saturated heterocycles. The minimum atomic E-state index is -0.0355. The van der Waals surface area contributed by atoms with E-state index in [0.29, 0.717) is 17.5 Å². The number of aryl methyl sites for hydroxylation is 1. The summed E-state index contributed by atoms with van der Waals surface area (Å²) in [5.41, 5.74) is 0.819. The van der Waals surface area contributed by atoms with E-state index in [9.17, 15) is 4.79 Å². The zero-order valence-electron chi connectivity index (χ0n) is 13.3. The van der Waals surface area contributed by atoms with Crippen molar-refractivity contribution in [2.45, 2.75) is 11.7 Å². The average Bonchev–Trinajstić information content (AvgIpc) is 3.22. The zero-order chi connectivity index (χ0) is 16.9. The van der Waals surface area contributed by atoms with Gasteiger partial charge >= 0.3 is 0 Å². The van der Waals surface area contributed by atoms with Crippen molar-refractivity contribution in [3.05, 3.63) is 42.8 Å². The maximum Gasteiger partial charge on any atom is 0.246 e. The van der Waals surface area contributed by atoms with Gasteiger partial charge in [0.05, 0.1) is 12.3 Å². The fourth-order valence-corrected chi connectivity index (χ4v) is 2.83. The molecule has 0 radical (unpaired) electrons. The smallest absolute Gasteiger partial charge is 0.246 e. The van der Waals surface area contributed by atoms with Crippen molar-refractivity contribution in [3.63, 3.8) is 0 Å². The van der Waals surface area contributed by atoms with Crippen LogP contribution in [0, 0.1) is 0 Å². The Morgan fingerprint density at radius 3 is 2.83 bits per heavy atom. The summed E-state index contributed by atoms with van der Waals surface area (Å²) in [6.07, 6.45) is 6.87. The molecule has 0 bridgehead atoms. The van der Waals surface area contributed by atoms with Crippen molar-refractivity contribution in [3.8, 4) is 11.4 Å². The van der Waals surface area contributed by atoms with Crippen molar-refractivity contribution in [2.24, 2.45) is 7.05 Å². The number of carbonyl (C=O) groups is 1. The molecule has 1 amide bonds. The van der Waals surface area contributed by atoms with Crippen LogP contribution in [0.4, 0.5) is 0 Å². The summed E-state index contributed by atoms with van der Waals surface area (Å²) in [6.45, 7) is 0.262. The normalized spacial score (nSPS) is 10.8. The first-order chi connectivity index (χ1) is 11.6. The Bertz CT molecular complexity index is 816. The van der Waals surface area contributed by atoms with Gasteiger partial charge in [-0.1, -0.05) is 16.9 Å². The molecule has 0 fully saturated rings. The van der Waals surface area contributed by atoms with Crippen molar-refractivity contribution >= 4 is 17.7 Å². The molecule has 0 unspecified atom stereocenters. The van der Waals surface area contributed by atoms with Crippen LogP contribution in [0.1, 0.15) is 5.89 Å². The molecular formula is C15H16N6O2S. The Morgan fingerprint density at radius 2 is 2.12 bits per heavy atom. The number of carbonyl (C=O) groups excluding carboxylic acids is 1. The summed E-state index contributed by atoms with van der Waals surface area (Å²) in [5.74, 6) is 1.13. The quantitative estimate of drug-likeness (QED) is 0.628. The number of thioether (sulfide) groups is 1. The van der Waals surface area contributed by atoms with Crippen LogP contribution < -0.4 is 0 Å². The van der Waals surface area contributed by atoms with Crippen LogP contribution in [-0.4, -0.2) is 48.3 Å². The van der Waals surface area contributed by atoms with Crippen molar-refractivity contribution in [1.29, 1.82) is 0 Å². The van der Waals surface area contributed by atoms with Crippen LogP contribution >= 0.6 is 11.8 Å². The van der Waals surface area contributed by atoms with Gasteiger partial charge in [0.15, 0.2) is 5.16 Å². The third-order valence-electron chi connectivity index (χ3n) is 3.31. The summed E-state index contributed by atoms with van der Waals surface area (Å²) in [4.78, 5) is 26.2. The Morgan fingerprint density at radius 1 is 1.33 bits per heavy atom. The Kier molecular flexibility index (Phi) is 4.90. The highest BCUT2D eigenvalue weighted by Crippen LogP contribution is 2.17. The predicted octanol–water partition coefficient (Wildman–Crippen LogP) is 1.62. The van der Waals surface area contributed by atoms with E-state index in [0.717, 1.165) is 10.7 Å². The van der Waals surface area contributed by atoms with E-state index in [2.05, 4.69) is 20.1 Å². The lowest BCUT2D eigenvalue weighted by Gasteiger charge is -2.14. The lowest BCUT2D eigenvalue weighted by atomic mass is 10.2. The summed E-state index contributed by atoms with van der Waals surface area (Å²) < 4.78 is 7.08. The van der Waals surface area contributed by atoms with Gasteiger partial charge in [0.1, 0.15) is 0 Å². The van der Waals surface area contributed by atoms with Crippen LogP contribution in [-0.2, 0) is 18.4 Å². The molecule has 3 aromatic heterocycles. The Labute approximate surface area is 142 Å². The molecule has 0 aliphatic rings. The first-order valence-electron chi connectivity index (χ1n) is 7.20. The van der Waals surface area contributed by atoms with Crippen molar-refractivity contribution in [1.82, 2.24) is 29.6 Å². The number of amides is 1. The second-order valence-corrected chi connectivity index (χ2v) is 6.05. The number of hydrogen-bond donors (Lipinski definition) is 0. The van der Waals surface area contributed by atoms with E-state index in [4.69, 9.17) is 4.52 Å². The standard InChI is InChI=1S/C15H16N6O2S/c1-20-8-7-17-15(20)24-10-13(22)21(2)9-12-18-14(19-23-12)11-3-5-16-6-4-11/h3-8H,9-10H2,1-2H3. The van der Waals surface area contributed by atoms with E-state index in [1.807, 2.05) is 17.8 Å². The van der Waals surface area contributed by atoms with Gasteiger partial charge in [0.25, 0.3) is 0 Å². The number of nitrogens with zero attached hydrogens (tertiary/aromatic N) is 6. The minimum Gasteiger partial charge on any atom is -0.337 e. The van der Waals surface area contributed by atoms with Crippen molar-refractivity contribution < 1.29 is 9.32 Å². The molecule has 0 aromatic carbocycles. The van der Waals surface area contributed by atoms with Crippen LogP contribution in [0.15, 0.2) is 46.6 Å². The first-order valence-corrected chi connectivity index (χ1v) is 8.19. The van der Waals surface area contributed by atoms with Gasteiger partial charge in [-0.15, -0.1) is 0 Å². The lowest BCUT2D eigenvalue weighted by Crippen LogP contribution is -2.28. The fourth-order valence-electron chi connectivity index (χ4n) is 1.96. The van der Waals surface area contributed by atoms with Gasteiger partial charge in [0, 0.05) is 44.4 Å². The van der Waals surface area contributed by atoms with E-state index >= 15 is 0 Å². The van der Waals surface area contributed by atoms with Crippen LogP contribution in [0.25, 0.3) is 11.4 Å². The lowest BCUT2D eigenvalue weighted by molar-refractivity contribution is -0.127. The summed E-state index contributed by atoms with van der Waals surface area (Å²) in [5, 5.41) is 4.73. The van der Waals surface area contributed by atoms with Crippen LogP contribution in [0.5, 0.6) is 0 Å². The van der Waals surface area contributed by atoms with Crippen LogP contribution in [0.3, 0.4) is 0 Å². The molecule has 3 aromatic rings. The van der Waals surface area contributed by atoms with Gasteiger partial charge < -0.3 is 14.0 Å². The molecular weight excluding hydrogens is 328 g/mol.